The van der Waals surface area contributed by atoms with Gasteiger partial charge in [0.1, 0.15) is 6.10 Å². The molecule has 0 N–H and O–H groups in total. The molecule has 1 aliphatic carbocycles. The Morgan fingerprint density at radius 3 is 2.68 bits per heavy atom. The van der Waals surface area contributed by atoms with Crippen LogP contribution in [0.5, 0.6) is 0 Å². The summed E-state index contributed by atoms with van der Waals surface area (Å²) in [4.78, 5) is 24.8. The summed E-state index contributed by atoms with van der Waals surface area (Å²) in [5.41, 5.74) is 0. The van der Waals surface area contributed by atoms with Crippen molar-refractivity contribution in [1.29, 1.82) is 0 Å². The molecule has 4 atom stereocenters. The minimum absolute atomic E-state index is 0.0162. The van der Waals surface area contributed by atoms with E-state index < -0.39 is 8.32 Å². The fourth-order valence-electron chi connectivity index (χ4n) is 4.29. The Hall–Kier alpha value is -1.20. The molecule has 1 saturated carbocycles. The zero-order chi connectivity index (χ0) is 23.1. The van der Waals surface area contributed by atoms with Crippen LogP contribution >= 0.6 is 0 Å². The summed E-state index contributed by atoms with van der Waals surface area (Å²) in [5, 5.41) is 0.102. The second-order valence-corrected chi connectivity index (χ2v) is 15.6. The van der Waals surface area contributed by atoms with Gasteiger partial charge >= 0.3 is 5.97 Å². The lowest BCUT2D eigenvalue weighted by molar-refractivity contribution is -0.151. The summed E-state index contributed by atoms with van der Waals surface area (Å²) in [5.74, 6) is 0.339. The number of rotatable bonds is 8. The largest absolute Gasteiger partial charge is 0.462 e. The van der Waals surface area contributed by atoms with Crippen molar-refractivity contribution in [3.63, 3.8) is 0 Å². The number of unbranched alkanes of at least 4 members (excludes halogenated alkanes) is 2. The lowest BCUT2D eigenvalue weighted by Crippen LogP contribution is -2.45. The molecule has 31 heavy (non-hydrogen) atoms. The van der Waals surface area contributed by atoms with Crippen LogP contribution < -0.4 is 0 Å². The summed E-state index contributed by atoms with van der Waals surface area (Å²) >= 11 is 0. The first-order valence-corrected chi connectivity index (χ1v) is 15.2. The number of hydrogen-bond acceptors (Lipinski definition) is 4. The molecule has 0 bridgehead atoms. The number of ether oxygens (including phenoxy) is 1. The predicted octanol–water partition coefficient (Wildman–Crippen LogP) is 6.76. The van der Waals surface area contributed by atoms with Crippen LogP contribution in [0, 0.1) is 11.8 Å². The average molecular weight is 449 g/mol. The summed E-state index contributed by atoms with van der Waals surface area (Å²) < 4.78 is 12.8. The topological polar surface area (TPSA) is 52.6 Å². The maximum absolute atomic E-state index is 12.4. The summed E-state index contributed by atoms with van der Waals surface area (Å²) in [7, 11) is -2.00. The zero-order valence-corrected chi connectivity index (χ0v) is 21.6. The SMILES string of the molecule is CCCCCC(=O)/C=C/[C@H]1C(O[Si](C)(C)C(C)(C)C)C[C@@H]2OC(=O)CCC/C=C\C[C@@H]21. The number of carbonyl (C=O) groups excluding carboxylic acids is 2. The Morgan fingerprint density at radius 2 is 2.00 bits per heavy atom. The molecule has 4 nitrogen and oxygen atoms in total. The predicted molar refractivity (Wildman–Crippen MR) is 129 cm³/mol. The van der Waals surface area contributed by atoms with Crippen molar-refractivity contribution in [3.05, 3.63) is 24.3 Å². The number of hydrogen-bond donors (Lipinski definition) is 0. The quantitative estimate of drug-likeness (QED) is 0.135. The van der Waals surface area contributed by atoms with Crippen LogP contribution in [0.25, 0.3) is 0 Å². The standard InChI is InChI=1S/C26H44O4Si/c1-7-8-11-14-20(27)17-18-22-21-15-12-9-10-13-16-25(28)29-23(21)19-24(22)30-31(5,6)26(2,3)4/h9,12,17-18,21-24H,7-8,10-11,13-16,19H2,1-6H3/b12-9-,18-17+/t21-,22-,23+,24?/m1/s1. The maximum atomic E-state index is 12.4. The van der Waals surface area contributed by atoms with Crippen LogP contribution in [0.4, 0.5) is 0 Å². The molecule has 1 fully saturated rings. The number of ketones is 1. The van der Waals surface area contributed by atoms with Gasteiger partial charge in [-0.15, -0.1) is 0 Å². The highest BCUT2D eigenvalue weighted by Crippen LogP contribution is 2.45. The van der Waals surface area contributed by atoms with Gasteiger partial charge in [-0.05, 0) is 49.9 Å². The van der Waals surface area contributed by atoms with Crippen molar-refractivity contribution in [2.24, 2.45) is 11.8 Å². The number of allylic oxidation sites excluding steroid dienone is 3. The lowest BCUT2D eigenvalue weighted by Gasteiger charge is -2.39. The van der Waals surface area contributed by atoms with Crippen molar-refractivity contribution in [2.75, 3.05) is 0 Å². The molecule has 0 aromatic heterocycles. The molecule has 1 aliphatic heterocycles. The highest BCUT2D eigenvalue weighted by molar-refractivity contribution is 6.74. The van der Waals surface area contributed by atoms with Gasteiger partial charge in [-0.1, -0.05) is 58.8 Å². The fraction of sp³-hybridized carbons (Fsp3) is 0.769. The van der Waals surface area contributed by atoms with Crippen LogP contribution in [0.2, 0.25) is 18.1 Å². The molecule has 5 heteroatoms. The van der Waals surface area contributed by atoms with E-state index in [1.54, 1.807) is 6.08 Å². The van der Waals surface area contributed by atoms with Crippen LogP contribution in [0.1, 0.15) is 85.5 Å². The van der Waals surface area contributed by atoms with E-state index in [4.69, 9.17) is 9.16 Å². The second kappa shape index (κ2) is 11.6. The molecular weight excluding hydrogens is 404 g/mol. The van der Waals surface area contributed by atoms with Gasteiger partial charge in [0.25, 0.3) is 0 Å². The van der Waals surface area contributed by atoms with Gasteiger partial charge in [-0.3, -0.25) is 9.59 Å². The first kappa shape index (κ1) is 26.1. The fourth-order valence-corrected chi connectivity index (χ4v) is 5.66. The van der Waals surface area contributed by atoms with Gasteiger partial charge in [0.2, 0.25) is 0 Å². The van der Waals surface area contributed by atoms with Crippen molar-refractivity contribution >= 4 is 20.1 Å². The van der Waals surface area contributed by atoms with Crippen LogP contribution in [0.3, 0.4) is 0 Å². The van der Waals surface area contributed by atoms with Crippen LogP contribution in [-0.4, -0.2) is 32.3 Å². The van der Waals surface area contributed by atoms with Gasteiger partial charge in [0, 0.05) is 31.1 Å². The first-order valence-electron chi connectivity index (χ1n) is 12.3. The van der Waals surface area contributed by atoms with Crippen molar-refractivity contribution in [2.45, 2.75) is 116 Å². The zero-order valence-electron chi connectivity index (χ0n) is 20.6. The highest BCUT2D eigenvalue weighted by Gasteiger charge is 2.48. The van der Waals surface area contributed by atoms with Crippen molar-refractivity contribution in [3.8, 4) is 0 Å². The minimum Gasteiger partial charge on any atom is -0.462 e. The van der Waals surface area contributed by atoms with E-state index in [0.717, 1.165) is 44.9 Å². The maximum Gasteiger partial charge on any atom is 0.306 e. The van der Waals surface area contributed by atoms with Gasteiger partial charge < -0.3 is 9.16 Å². The lowest BCUT2D eigenvalue weighted by atomic mass is 9.89. The molecule has 0 amide bonds. The number of fused-ring (bicyclic) bond motifs is 1. The molecule has 2 aliphatic rings. The molecule has 0 spiro atoms. The van der Waals surface area contributed by atoms with E-state index in [2.05, 4.69) is 59.0 Å². The third-order valence-corrected chi connectivity index (χ3v) is 11.8. The van der Waals surface area contributed by atoms with Gasteiger partial charge in [-0.25, -0.2) is 0 Å². The van der Waals surface area contributed by atoms with Crippen LogP contribution in [0.15, 0.2) is 24.3 Å². The van der Waals surface area contributed by atoms with Crippen molar-refractivity contribution in [1.82, 2.24) is 0 Å². The normalized spacial score (nSPS) is 28.9. The average Bonchev–Trinajstić information content (AvgIpc) is 2.97. The Balaban J connectivity index is 2.26. The van der Waals surface area contributed by atoms with E-state index in [1.807, 2.05) is 0 Å². The molecule has 0 radical (unpaired) electrons. The summed E-state index contributed by atoms with van der Waals surface area (Å²) in [6.45, 7) is 13.4. The Morgan fingerprint density at radius 1 is 1.26 bits per heavy atom. The summed E-state index contributed by atoms with van der Waals surface area (Å²) in [6.07, 6.45) is 15.7. The van der Waals surface area contributed by atoms with E-state index in [-0.39, 0.29) is 40.8 Å². The third-order valence-electron chi connectivity index (χ3n) is 7.26. The molecule has 1 unspecified atom stereocenters. The molecular formula is C26H44O4Si. The highest BCUT2D eigenvalue weighted by atomic mass is 28.4. The second-order valence-electron chi connectivity index (χ2n) is 10.8. The Labute approximate surface area is 191 Å². The van der Waals surface area contributed by atoms with Gasteiger partial charge in [0.05, 0.1) is 6.10 Å². The molecule has 2 rings (SSSR count). The smallest absolute Gasteiger partial charge is 0.306 e. The molecule has 1 heterocycles. The van der Waals surface area contributed by atoms with E-state index in [9.17, 15) is 9.59 Å². The minimum atomic E-state index is -2.00. The summed E-state index contributed by atoms with van der Waals surface area (Å²) in [6, 6.07) is 0. The van der Waals surface area contributed by atoms with E-state index in [1.165, 1.54) is 0 Å². The van der Waals surface area contributed by atoms with E-state index >= 15 is 0 Å². The molecule has 0 aromatic rings. The van der Waals surface area contributed by atoms with Crippen molar-refractivity contribution < 1.29 is 18.8 Å². The molecule has 0 aromatic carbocycles. The number of esters is 1. The van der Waals surface area contributed by atoms with Gasteiger partial charge in [0.15, 0.2) is 14.1 Å². The molecule has 0 saturated heterocycles. The Kier molecular flexibility index (Phi) is 9.75. The first-order chi connectivity index (χ1) is 14.5. The monoisotopic (exact) mass is 448 g/mol. The third kappa shape index (κ3) is 7.71. The number of carbonyl (C=O) groups is 2. The Bertz CT molecular complexity index is 659. The molecule has 176 valence electrons. The van der Waals surface area contributed by atoms with E-state index in [0.29, 0.717) is 12.8 Å². The van der Waals surface area contributed by atoms with Gasteiger partial charge in [-0.2, -0.15) is 0 Å². The van der Waals surface area contributed by atoms with Crippen LogP contribution in [-0.2, 0) is 18.8 Å².